The molecule has 1 heterocycles. The van der Waals surface area contributed by atoms with Crippen LogP contribution >= 0.6 is 0 Å². The van der Waals surface area contributed by atoms with Crippen LogP contribution in [0, 0.1) is 23.0 Å². The van der Waals surface area contributed by atoms with Crippen molar-refractivity contribution in [2.75, 3.05) is 13.1 Å². The minimum absolute atomic E-state index is 0.0726. The van der Waals surface area contributed by atoms with E-state index in [0.29, 0.717) is 19.0 Å². The van der Waals surface area contributed by atoms with Crippen LogP contribution in [0.4, 0.5) is 5.69 Å². The molecule has 1 aromatic rings. The Kier molecular flexibility index (Phi) is 4.04. The van der Waals surface area contributed by atoms with Crippen LogP contribution in [-0.2, 0) is 0 Å². The first-order chi connectivity index (χ1) is 9.40. The molecule has 2 unspecified atom stereocenters. The molecule has 2 atom stereocenters. The molecule has 0 bridgehead atoms. The fourth-order valence-electron chi connectivity index (χ4n) is 2.43. The third-order valence-electron chi connectivity index (χ3n) is 3.88. The number of piperidine rings is 1. The van der Waals surface area contributed by atoms with Gasteiger partial charge in [0.15, 0.2) is 0 Å². The quantitative estimate of drug-likeness (QED) is 0.658. The highest BCUT2D eigenvalue weighted by Crippen LogP contribution is 2.24. The molecule has 0 aliphatic carbocycles. The van der Waals surface area contributed by atoms with Crippen LogP contribution in [0.5, 0.6) is 0 Å². The second-order valence-corrected chi connectivity index (χ2v) is 5.46. The number of carbonyl (C=O) groups excluding carboxylic acids is 1. The van der Waals surface area contributed by atoms with Crippen LogP contribution in [0.3, 0.4) is 0 Å². The van der Waals surface area contributed by atoms with Gasteiger partial charge in [-0.1, -0.05) is 13.0 Å². The Labute approximate surface area is 117 Å². The average Bonchev–Trinajstić information content (AvgIpc) is 2.40. The maximum Gasteiger partial charge on any atom is 0.282 e. The molecule has 2 N–H and O–H groups in total. The Bertz CT molecular complexity index is 544. The first-order valence-electron chi connectivity index (χ1n) is 6.70. The van der Waals surface area contributed by atoms with Crippen molar-refractivity contribution in [3.8, 4) is 0 Å². The van der Waals surface area contributed by atoms with Crippen LogP contribution in [-0.4, -0.2) is 34.9 Å². The second kappa shape index (κ2) is 5.58. The molecule has 6 nitrogen and oxygen atoms in total. The van der Waals surface area contributed by atoms with Gasteiger partial charge in [-0.15, -0.1) is 0 Å². The highest BCUT2D eigenvalue weighted by atomic mass is 16.6. The predicted octanol–water partition coefficient (Wildman–Crippen LogP) is 1.71. The number of hydrogen-bond acceptors (Lipinski definition) is 4. The molecule has 6 heteroatoms. The lowest BCUT2D eigenvalue weighted by atomic mass is 9.93. The fraction of sp³-hybridized carbons (Fsp3) is 0.500. The molecule has 0 radical (unpaired) electrons. The van der Waals surface area contributed by atoms with Gasteiger partial charge in [-0.2, -0.15) is 0 Å². The van der Waals surface area contributed by atoms with E-state index in [4.69, 9.17) is 5.73 Å². The fourth-order valence-corrected chi connectivity index (χ4v) is 2.43. The molecule has 1 aliphatic heterocycles. The number of rotatable bonds is 2. The second-order valence-electron chi connectivity index (χ2n) is 5.46. The van der Waals surface area contributed by atoms with Gasteiger partial charge >= 0.3 is 0 Å². The van der Waals surface area contributed by atoms with Crippen molar-refractivity contribution in [3.05, 3.63) is 39.4 Å². The third-order valence-corrected chi connectivity index (χ3v) is 3.88. The number of hydrogen-bond donors (Lipinski definition) is 1. The van der Waals surface area contributed by atoms with E-state index in [1.54, 1.807) is 17.0 Å². The lowest BCUT2D eigenvalue weighted by Gasteiger charge is -2.35. The molecule has 0 aromatic heterocycles. The van der Waals surface area contributed by atoms with E-state index in [-0.39, 0.29) is 23.2 Å². The Hall–Kier alpha value is -1.95. The zero-order valence-electron chi connectivity index (χ0n) is 11.7. The van der Waals surface area contributed by atoms with Crippen molar-refractivity contribution in [1.82, 2.24) is 4.90 Å². The van der Waals surface area contributed by atoms with E-state index in [9.17, 15) is 14.9 Å². The number of benzene rings is 1. The summed E-state index contributed by atoms with van der Waals surface area (Å²) in [4.78, 5) is 24.6. The Morgan fingerprint density at radius 2 is 2.20 bits per heavy atom. The molecule has 108 valence electrons. The Morgan fingerprint density at radius 3 is 2.80 bits per heavy atom. The lowest BCUT2D eigenvalue weighted by Crippen LogP contribution is -2.49. The standard InChI is InChI=1S/C14H19N3O3/c1-9-3-4-13(17(19)20)11(7-9)14(18)16-6-5-10(2)12(15)8-16/h3-4,7,10,12H,5-6,8,15H2,1-2H3. The summed E-state index contributed by atoms with van der Waals surface area (Å²) in [6.45, 7) is 4.91. The Morgan fingerprint density at radius 1 is 1.50 bits per heavy atom. The molecule has 0 saturated carbocycles. The first kappa shape index (κ1) is 14.5. The molecule has 1 aromatic carbocycles. The van der Waals surface area contributed by atoms with Gasteiger partial charge in [0.2, 0.25) is 0 Å². The molecule has 1 amide bonds. The number of aryl methyl sites for hydroxylation is 1. The molecule has 1 saturated heterocycles. The van der Waals surface area contributed by atoms with Crippen molar-refractivity contribution in [2.24, 2.45) is 11.7 Å². The highest BCUT2D eigenvalue weighted by Gasteiger charge is 2.30. The van der Waals surface area contributed by atoms with Gasteiger partial charge in [0.1, 0.15) is 5.56 Å². The van der Waals surface area contributed by atoms with Crippen molar-refractivity contribution in [2.45, 2.75) is 26.3 Å². The van der Waals surface area contributed by atoms with Crippen LogP contribution in [0.15, 0.2) is 18.2 Å². The van der Waals surface area contributed by atoms with Crippen molar-refractivity contribution >= 4 is 11.6 Å². The summed E-state index contributed by atoms with van der Waals surface area (Å²) in [6, 6.07) is 4.52. The van der Waals surface area contributed by atoms with Gasteiger partial charge in [-0.25, -0.2) is 0 Å². The molecule has 0 spiro atoms. The molecule has 20 heavy (non-hydrogen) atoms. The Balaban J connectivity index is 2.29. The van der Waals surface area contributed by atoms with E-state index in [0.717, 1.165) is 12.0 Å². The minimum atomic E-state index is -0.515. The maximum absolute atomic E-state index is 12.5. The zero-order valence-corrected chi connectivity index (χ0v) is 11.7. The molecular weight excluding hydrogens is 258 g/mol. The minimum Gasteiger partial charge on any atom is -0.337 e. The van der Waals surface area contributed by atoms with E-state index < -0.39 is 4.92 Å². The molecular formula is C14H19N3O3. The number of nitro benzene ring substituents is 1. The van der Waals surface area contributed by atoms with Gasteiger partial charge in [0.25, 0.3) is 11.6 Å². The summed E-state index contributed by atoms with van der Waals surface area (Å²) in [5, 5.41) is 11.0. The smallest absolute Gasteiger partial charge is 0.282 e. The molecule has 1 aliphatic rings. The van der Waals surface area contributed by atoms with E-state index in [2.05, 4.69) is 6.92 Å². The van der Waals surface area contributed by atoms with Crippen LogP contribution < -0.4 is 5.73 Å². The summed E-state index contributed by atoms with van der Waals surface area (Å²) in [7, 11) is 0. The summed E-state index contributed by atoms with van der Waals surface area (Å²) in [5.74, 6) is 0.0642. The summed E-state index contributed by atoms with van der Waals surface area (Å²) < 4.78 is 0. The predicted molar refractivity (Wildman–Crippen MR) is 75.5 cm³/mol. The number of nitro groups is 1. The van der Waals surface area contributed by atoms with E-state index in [1.807, 2.05) is 6.92 Å². The molecule has 2 rings (SSSR count). The van der Waals surface area contributed by atoms with Gasteiger partial charge in [0, 0.05) is 25.2 Å². The normalized spacial score (nSPS) is 22.6. The van der Waals surface area contributed by atoms with Crippen molar-refractivity contribution in [1.29, 1.82) is 0 Å². The van der Waals surface area contributed by atoms with Gasteiger partial charge in [0.05, 0.1) is 4.92 Å². The van der Waals surface area contributed by atoms with E-state index in [1.165, 1.54) is 6.07 Å². The van der Waals surface area contributed by atoms with Crippen LogP contribution in [0.2, 0.25) is 0 Å². The van der Waals surface area contributed by atoms with Gasteiger partial charge in [-0.3, -0.25) is 14.9 Å². The zero-order chi connectivity index (χ0) is 14.9. The number of amides is 1. The molecule has 1 fully saturated rings. The largest absolute Gasteiger partial charge is 0.337 e. The topological polar surface area (TPSA) is 89.5 Å². The van der Waals surface area contributed by atoms with E-state index >= 15 is 0 Å². The van der Waals surface area contributed by atoms with Gasteiger partial charge < -0.3 is 10.6 Å². The third kappa shape index (κ3) is 2.80. The van der Waals surface area contributed by atoms with Crippen molar-refractivity contribution < 1.29 is 9.72 Å². The summed E-state index contributed by atoms with van der Waals surface area (Å²) >= 11 is 0. The number of carbonyl (C=O) groups is 1. The average molecular weight is 277 g/mol. The SMILES string of the molecule is Cc1ccc([N+](=O)[O-])c(C(=O)N2CCC(C)C(N)C2)c1. The lowest BCUT2D eigenvalue weighted by molar-refractivity contribution is -0.385. The number of likely N-dealkylation sites (tertiary alicyclic amines) is 1. The first-order valence-corrected chi connectivity index (χ1v) is 6.70. The highest BCUT2D eigenvalue weighted by molar-refractivity contribution is 5.98. The maximum atomic E-state index is 12.5. The monoisotopic (exact) mass is 277 g/mol. The van der Waals surface area contributed by atoms with Gasteiger partial charge in [-0.05, 0) is 30.9 Å². The number of nitrogens with two attached hydrogens (primary N) is 1. The van der Waals surface area contributed by atoms with Crippen molar-refractivity contribution in [3.63, 3.8) is 0 Å². The van der Waals surface area contributed by atoms with Crippen LogP contribution in [0.25, 0.3) is 0 Å². The summed E-state index contributed by atoms with van der Waals surface area (Å²) in [5.41, 5.74) is 6.82. The van der Waals surface area contributed by atoms with Crippen LogP contribution in [0.1, 0.15) is 29.3 Å². The summed E-state index contributed by atoms with van der Waals surface area (Å²) in [6.07, 6.45) is 0.826. The number of nitrogens with zero attached hydrogens (tertiary/aromatic N) is 2.